The number of rotatable bonds is 6. The number of amides is 1. The van der Waals surface area contributed by atoms with Crippen molar-refractivity contribution in [2.45, 2.75) is 53.8 Å². The van der Waals surface area contributed by atoms with Crippen molar-refractivity contribution in [1.82, 2.24) is 10.6 Å². The molecule has 3 rings (SSSR count). The summed E-state index contributed by atoms with van der Waals surface area (Å²) in [6, 6.07) is 8.10. The molecule has 1 aromatic rings. The Balaban J connectivity index is 1.52. The van der Waals surface area contributed by atoms with Gasteiger partial charge in [0.15, 0.2) is 0 Å². The molecule has 1 aliphatic carbocycles. The van der Waals surface area contributed by atoms with Crippen LogP contribution in [-0.4, -0.2) is 35.6 Å². The van der Waals surface area contributed by atoms with Crippen LogP contribution in [0.2, 0.25) is 0 Å². The van der Waals surface area contributed by atoms with E-state index in [1.807, 2.05) is 0 Å². The minimum Gasteiger partial charge on any atom is -0.405 e. The summed E-state index contributed by atoms with van der Waals surface area (Å²) in [5.41, 5.74) is -0.683. The lowest BCUT2D eigenvalue weighted by Gasteiger charge is -2.15. The highest BCUT2D eigenvalue weighted by Gasteiger charge is 2.45. The molecule has 140 valence electrons. The lowest BCUT2D eigenvalue weighted by Crippen LogP contribution is -2.39. The smallest absolute Gasteiger partial charge is 0.405 e. The fourth-order valence-corrected chi connectivity index (χ4v) is 4.15. The summed E-state index contributed by atoms with van der Waals surface area (Å²) in [5.74, 6) is -0.385. The van der Waals surface area contributed by atoms with Crippen LogP contribution >= 0.6 is 11.8 Å². The zero-order valence-corrected chi connectivity index (χ0v) is 14.6. The van der Waals surface area contributed by atoms with E-state index < -0.39 is 11.9 Å². The SMILES string of the molecule is N#CC1(NC(=O)C[C@H]2C[C@@H](Sc3ccccc3OC(F)(F)F)CN2)CC1. The Morgan fingerprint density at radius 1 is 1.42 bits per heavy atom. The van der Waals surface area contributed by atoms with Gasteiger partial charge in [0, 0.05) is 24.3 Å². The van der Waals surface area contributed by atoms with Gasteiger partial charge >= 0.3 is 6.36 Å². The highest BCUT2D eigenvalue weighted by atomic mass is 32.2. The molecule has 1 aliphatic heterocycles. The van der Waals surface area contributed by atoms with Crippen molar-refractivity contribution in [2.75, 3.05) is 6.54 Å². The van der Waals surface area contributed by atoms with Crippen LogP contribution in [0.1, 0.15) is 25.7 Å². The van der Waals surface area contributed by atoms with E-state index in [4.69, 9.17) is 5.26 Å². The second-order valence-corrected chi connectivity index (χ2v) is 7.86. The summed E-state index contributed by atoms with van der Waals surface area (Å²) in [6.07, 6.45) is -2.46. The molecule has 0 spiro atoms. The number of nitrogens with one attached hydrogen (secondary N) is 2. The second-order valence-electron chi connectivity index (χ2n) is 6.52. The number of halogens is 3. The molecule has 2 N–H and O–H groups in total. The van der Waals surface area contributed by atoms with Crippen LogP contribution in [0, 0.1) is 11.3 Å². The first-order valence-electron chi connectivity index (χ1n) is 8.26. The van der Waals surface area contributed by atoms with Crippen LogP contribution in [0.4, 0.5) is 13.2 Å². The Kier molecular flexibility index (Phi) is 5.34. The fourth-order valence-electron chi connectivity index (χ4n) is 2.89. The minimum atomic E-state index is -4.73. The van der Waals surface area contributed by atoms with Crippen LogP contribution in [-0.2, 0) is 4.79 Å². The van der Waals surface area contributed by atoms with Gasteiger partial charge < -0.3 is 15.4 Å². The third kappa shape index (κ3) is 5.05. The van der Waals surface area contributed by atoms with Gasteiger partial charge in [0.2, 0.25) is 5.91 Å². The molecule has 0 aromatic heterocycles. The number of nitriles is 1. The fraction of sp³-hybridized carbons (Fsp3) is 0.529. The number of hydrogen-bond acceptors (Lipinski definition) is 5. The number of para-hydroxylation sites is 1. The Hall–Kier alpha value is -1.92. The number of alkyl halides is 3. The zero-order valence-electron chi connectivity index (χ0n) is 13.8. The molecule has 1 saturated carbocycles. The predicted octanol–water partition coefficient (Wildman–Crippen LogP) is 2.97. The van der Waals surface area contributed by atoms with Gasteiger partial charge in [-0.25, -0.2) is 0 Å². The highest BCUT2D eigenvalue weighted by molar-refractivity contribution is 8.00. The van der Waals surface area contributed by atoms with E-state index in [0.717, 1.165) is 0 Å². The van der Waals surface area contributed by atoms with Crippen molar-refractivity contribution >= 4 is 17.7 Å². The molecule has 1 amide bonds. The van der Waals surface area contributed by atoms with E-state index in [-0.39, 0.29) is 29.4 Å². The molecule has 2 fully saturated rings. The van der Waals surface area contributed by atoms with Crippen molar-refractivity contribution in [2.24, 2.45) is 0 Å². The number of nitrogens with zero attached hydrogens (tertiary/aromatic N) is 1. The molecular weight excluding hydrogens is 367 g/mol. The molecule has 2 aliphatic rings. The van der Waals surface area contributed by atoms with Gasteiger partial charge in [-0.15, -0.1) is 24.9 Å². The topological polar surface area (TPSA) is 74.2 Å². The maximum atomic E-state index is 12.5. The molecule has 2 atom stereocenters. The van der Waals surface area contributed by atoms with E-state index in [1.165, 1.54) is 23.9 Å². The molecular formula is C17H18F3N3O2S. The average molecular weight is 385 g/mol. The summed E-state index contributed by atoms with van der Waals surface area (Å²) in [4.78, 5) is 12.5. The molecule has 26 heavy (non-hydrogen) atoms. The van der Waals surface area contributed by atoms with E-state index in [1.54, 1.807) is 12.1 Å². The summed E-state index contributed by atoms with van der Waals surface area (Å²) < 4.78 is 41.6. The van der Waals surface area contributed by atoms with Gasteiger partial charge in [0.25, 0.3) is 0 Å². The summed E-state index contributed by atoms with van der Waals surface area (Å²) in [7, 11) is 0. The lowest BCUT2D eigenvalue weighted by molar-refractivity contribution is -0.275. The number of ether oxygens (including phenoxy) is 1. The summed E-state index contributed by atoms with van der Waals surface area (Å²) in [5, 5.41) is 15.0. The molecule has 0 bridgehead atoms. The molecule has 0 unspecified atom stereocenters. The first kappa shape index (κ1) is 18.9. The van der Waals surface area contributed by atoms with Gasteiger partial charge in [-0.1, -0.05) is 12.1 Å². The van der Waals surface area contributed by atoms with E-state index in [9.17, 15) is 18.0 Å². The number of carbonyl (C=O) groups is 1. The van der Waals surface area contributed by atoms with Crippen LogP contribution in [0.25, 0.3) is 0 Å². The van der Waals surface area contributed by atoms with Gasteiger partial charge in [-0.3, -0.25) is 4.79 Å². The maximum Gasteiger partial charge on any atom is 0.573 e. The highest BCUT2D eigenvalue weighted by Crippen LogP contribution is 2.38. The number of benzene rings is 1. The first-order chi connectivity index (χ1) is 12.3. The van der Waals surface area contributed by atoms with Crippen molar-refractivity contribution < 1.29 is 22.7 Å². The minimum absolute atomic E-state index is 0.0386. The van der Waals surface area contributed by atoms with E-state index in [2.05, 4.69) is 21.4 Å². The maximum absolute atomic E-state index is 12.5. The van der Waals surface area contributed by atoms with Gasteiger partial charge in [-0.2, -0.15) is 5.26 Å². The Morgan fingerprint density at radius 3 is 2.81 bits per heavy atom. The first-order valence-corrected chi connectivity index (χ1v) is 9.14. The molecule has 9 heteroatoms. The molecule has 0 radical (unpaired) electrons. The Morgan fingerprint density at radius 2 is 2.15 bits per heavy atom. The number of hydrogen-bond donors (Lipinski definition) is 2. The predicted molar refractivity (Wildman–Crippen MR) is 89.5 cm³/mol. The normalized spacial score (nSPS) is 23.9. The second kappa shape index (κ2) is 7.37. The Labute approximate surface area is 153 Å². The molecule has 1 saturated heterocycles. The van der Waals surface area contributed by atoms with Crippen molar-refractivity contribution in [3.05, 3.63) is 24.3 Å². The zero-order chi connectivity index (χ0) is 18.8. The monoisotopic (exact) mass is 385 g/mol. The van der Waals surface area contributed by atoms with Gasteiger partial charge in [0.05, 0.1) is 11.0 Å². The van der Waals surface area contributed by atoms with Crippen LogP contribution in [0.15, 0.2) is 29.2 Å². The van der Waals surface area contributed by atoms with Crippen LogP contribution in [0.3, 0.4) is 0 Å². The van der Waals surface area contributed by atoms with Crippen molar-refractivity contribution in [1.29, 1.82) is 5.26 Å². The average Bonchev–Trinajstić information content (AvgIpc) is 3.19. The third-order valence-corrected chi connectivity index (χ3v) is 5.61. The molecule has 1 heterocycles. The van der Waals surface area contributed by atoms with Crippen molar-refractivity contribution in [3.63, 3.8) is 0 Å². The van der Waals surface area contributed by atoms with Gasteiger partial charge in [-0.05, 0) is 31.4 Å². The van der Waals surface area contributed by atoms with Crippen LogP contribution in [0.5, 0.6) is 5.75 Å². The Bertz CT molecular complexity index is 716. The largest absolute Gasteiger partial charge is 0.573 e. The quantitative estimate of drug-likeness (QED) is 0.788. The van der Waals surface area contributed by atoms with Crippen molar-refractivity contribution in [3.8, 4) is 11.8 Å². The van der Waals surface area contributed by atoms with E-state index >= 15 is 0 Å². The third-order valence-electron chi connectivity index (χ3n) is 4.32. The number of thioether (sulfide) groups is 1. The molecule has 1 aromatic carbocycles. The summed E-state index contributed by atoms with van der Waals surface area (Å²) in [6.45, 7) is 0.590. The summed E-state index contributed by atoms with van der Waals surface area (Å²) >= 11 is 1.31. The lowest BCUT2D eigenvalue weighted by atomic mass is 10.1. The number of carbonyl (C=O) groups excluding carboxylic acids is 1. The van der Waals surface area contributed by atoms with Gasteiger partial charge in [0.1, 0.15) is 11.3 Å². The van der Waals surface area contributed by atoms with Crippen LogP contribution < -0.4 is 15.4 Å². The molecule has 5 nitrogen and oxygen atoms in total. The van der Waals surface area contributed by atoms with E-state index in [0.29, 0.717) is 30.7 Å². The standard InChI is InChI=1S/C17H18F3N3O2S/c18-17(19,20)25-13-3-1-2-4-14(13)26-12-7-11(22-9-12)8-15(24)23-16(10-21)5-6-16/h1-4,11-12,22H,5-9H2,(H,23,24)/t11-,12-/m1/s1.